The Balaban J connectivity index is 2.87. The summed E-state index contributed by atoms with van der Waals surface area (Å²) in [6.45, 7) is 1.70. The molecule has 1 rings (SSSR count). The number of aliphatic hydroxyl groups is 1. The summed E-state index contributed by atoms with van der Waals surface area (Å²) >= 11 is 3.16. The summed E-state index contributed by atoms with van der Waals surface area (Å²) < 4.78 is 13.6. The number of hydrogen-bond donors (Lipinski definition) is 1. The molecule has 0 aromatic heterocycles. The summed E-state index contributed by atoms with van der Waals surface area (Å²) in [5, 5.41) is 9.61. The molecule has 0 fully saturated rings. The summed E-state index contributed by atoms with van der Waals surface area (Å²) in [7, 11) is 0. The van der Waals surface area contributed by atoms with E-state index in [2.05, 4.69) is 27.8 Å². The van der Waals surface area contributed by atoms with Crippen LogP contribution in [0.1, 0.15) is 25.0 Å². The normalized spacial score (nSPS) is 11.7. The van der Waals surface area contributed by atoms with Crippen molar-refractivity contribution in [3.05, 3.63) is 34.1 Å². The monoisotopic (exact) mass is 256 g/mol. The van der Waals surface area contributed by atoms with Crippen LogP contribution in [0.2, 0.25) is 0 Å². The van der Waals surface area contributed by atoms with Crippen LogP contribution < -0.4 is 0 Å². The molecule has 0 amide bonds. The average molecular weight is 257 g/mol. The van der Waals surface area contributed by atoms with Crippen LogP contribution in [0, 0.1) is 17.7 Å². The van der Waals surface area contributed by atoms with Gasteiger partial charge in [0.1, 0.15) is 5.82 Å². The van der Waals surface area contributed by atoms with E-state index in [1.54, 1.807) is 13.0 Å². The van der Waals surface area contributed by atoms with Crippen LogP contribution in [0.5, 0.6) is 0 Å². The zero-order valence-corrected chi connectivity index (χ0v) is 9.31. The molecule has 1 atom stereocenters. The Morgan fingerprint density at radius 1 is 1.50 bits per heavy atom. The second kappa shape index (κ2) is 5.14. The van der Waals surface area contributed by atoms with Crippen molar-refractivity contribution in [2.45, 2.75) is 19.4 Å². The van der Waals surface area contributed by atoms with Crippen molar-refractivity contribution in [3.8, 4) is 11.8 Å². The summed E-state index contributed by atoms with van der Waals surface area (Å²) in [6, 6.07) is 4.35. The van der Waals surface area contributed by atoms with Crippen molar-refractivity contribution < 1.29 is 9.50 Å². The molecule has 0 saturated heterocycles. The molecule has 0 radical (unpaired) electrons. The Kier molecular flexibility index (Phi) is 4.12. The van der Waals surface area contributed by atoms with E-state index in [1.165, 1.54) is 12.1 Å². The molecule has 74 valence electrons. The van der Waals surface area contributed by atoms with Crippen LogP contribution in [0.15, 0.2) is 22.7 Å². The molecule has 3 heteroatoms. The molecule has 1 aromatic rings. The number of hydrogen-bond acceptors (Lipinski definition) is 1. The van der Waals surface area contributed by atoms with Gasteiger partial charge < -0.3 is 5.11 Å². The predicted molar refractivity (Wildman–Crippen MR) is 57.1 cm³/mol. The fourth-order valence-electron chi connectivity index (χ4n) is 1.08. The lowest BCUT2D eigenvalue weighted by Gasteiger charge is -2.07. The van der Waals surface area contributed by atoms with Gasteiger partial charge >= 0.3 is 0 Å². The highest BCUT2D eigenvalue weighted by atomic mass is 79.9. The van der Waals surface area contributed by atoms with Crippen LogP contribution in [-0.2, 0) is 0 Å². The highest BCUT2D eigenvalue weighted by molar-refractivity contribution is 9.10. The fourth-order valence-corrected chi connectivity index (χ4v) is 1.57. The predicted octanol–water partition coefficient (Wildman–Crippen LogP) is 3.04. The summed E-state index contributed by atoms with van der Waals surface area (Å²) in [5.41, 5.74) is 0.541. The molecule has 1 aromatic carbocycles. The summed E-state index contributed by atoms with van der Waals surface area (Å²) in [5.74, 6) is 5.07. The van der Waals surface area contributed by atoms with Gasteiger partial charge in [0.15, 0.2) is 0 Å². The molecule has 0 bridgehead atoms. The first-order valence-corrected chi connectivity index (χ1v) is 4.96. The number of halogens is 2. The fraction of sp³-hybridized carbons (Fsp3) is 0.273. The average Bonchev–Trinajstić information content (AvgIpc) is 2.12. The zero-order valence-electron chi connectivity index (χ0n) is 7.72. The van der Waals surface area contributed by atoms with Gasteiger partial charge in [0, 0.05) is 10.9 Å². The first-order chi connectivity index (χ1) is 6.63. The van der Waals surface area contributed by atoms with Crippen LogP contribution >= 0.6 is 15.9 Å². The van der Waals surface area contributed by atoms with Gasteiger partial charge in [-0.25, -0.2) is 4.39 Å². The second-order valence-electron chi connectivity index (χ2n) is 2.85. The van der Waals surface area contributed by atoms with E-state index in [-0.39, 0.29) is 5.82 Å². The van der Waals surface area contributed by atoms with Gasteiger partial charge in [-0.15, -0.1) is 11.8 Å². The van der Waals surface area contributed by atoms with Gasteiger partial charge in [0.25, 0.3) is 0 Å². The van der Waals surface area contributed by atoms with Crippen molar-refractivity contribution in [2.24, 2.45) is 0 Å². The van der Waals surface area contributed by atoms with Crippen molar-refractivity contribution in [1.29, 1.82) is 0 Å². The first kappa shape index (κ1) is 11.2. The highest BCUT2D eigenvalue weighted by Crippen LogP contribution is 2.21. The van der Waals surface area contributed by atoms with Crippen molar-refractivity contribution in [1.82, 2.24) is 0 Å². The quantitative estimate of drug-likeness (QED) is 0.807. The minimum Gasteiger partial charge on any atom is -0.387 e. The van der Waals surface area contributed by atoms with Crippen molar-refractivity contribution in [2.75, 3.05) is 0 Å². The Hall–Kier alpha value is -0.850. The lowest BCUT2D eigenvalue weighted by molar-refractivity contribution is 0.183. The molecule has 0 aliphatic rings. The molecular weight excluding hydrogens is 247 g/mol. The molecule has 1 nitrogen and oxygen atoms in total. The largest absolute Gasteiger partial charge is 0.387 e. The lowest BCUT2D eigenvalue weighted by atomic mass is 10.1. The molecule has 0 aliphatic carbocycles. The third kappa shape index (κ3) is 3.13. The van der Waals surface area contributed by atoms with Gasteiger partial charge in [-0.1, -0.05) is 15.9 Å². The van der Waals surface area contributed by atoms with Gasteiger partial charge in [-0.05, 0) is 30.7 Å². The third-order valence-electron chi connectivity index (χ3n) is 1.74. The summed E-state index contributed by atoms with van der Waals surface area (Å²) in [6.07, 6.45) is -0.402. The van der Waals surface area contributed by atoms with Gasteiger partial charge in [0.05, 0.1) is 6.10 Å². The van der Waals surface area contributed by atoms with Crippen molar-refractivity contribution >= 4 is 15.9 Å². The minimum atomic E-state index is -0.727. The van der Waals surface area contributed by atoms with Crippen molar-refractivity contribution in [3.63, 3.8) is 0 Å². The van der Waals surface area contributed by atoms with E-state index >= 15 is 0 Å². The molecule has 1 N–H and O–H groups in total. The Morgan fingerprint density at radius 2 is 2.21 bits per heavy atom. The maximum absolute atomic E-state index is 12.9. The van der Waals surface area contributed by atoms with Crippen LogP contribution in [-0.4, -0.2) is 5.11 Å². The maximum Gasteiger partial charge on any atom is 0.124 e. The van der Waals surface area contributed by atoms with Gasteiger partial charge in [-0.2, -0.15) is 0 Å². The lowest BCUT2D eigenvalue weighted by Crippen LogP contribution is -1.96. The van der Waals surface area contributed by atoms with Gasteiger partial charge in [0.2, 0.25) is 0 Å². The van der Waals surface area contributed by atoms with E-state index in [1.807, 2.05) is 0 Å². The van der Waals surface area contributed by atoms with Crippen LogP contribution in [0.25, 0.3) is 0 Å². The molecule has 0 aliphatic heterocycles. The number of aliphatic hydroxyl groups excluding tert-OH is 1. The standard InChI is InChI=1S/C11H10BrFO/c1-2-3-4-11(14)8-5-9(12)7-10(13)6-8/h5-7,11,14H,4H2,1H3. The Bertz CT molecular complexity index is 358. The first-order valence-electron chi connectivity index (χ1n) is 4.17. The smallest absolute Gasteiger partial charge is 0.124 e. The second-order valence-corrected chi connectivity index (χ2v) is 3.77. The zero-order chi connectivity index (χ0) is 10.6. The highest BCUT2D eigenvalue weighted by Gasteiger charge is 2.07. The molecule has 1 unspecified atom stereocenters. The SMILES string of the molecule is CC#CCC(O)c1cc(F)cc(Br)c1. The van der Waals surface area contributed by atoms with E-state index in [0.29, 0.717) is 16.5 Å². The topological polar surface area (TPSA) is 20.2 Å². The molecular formula is C11H10BrFO. The number of benzene rings is 1. The molecule has 0 saturated carbocycles. The van der Waals surface area contributed by atoms with E-state index < -0.39 is 6.10 Å². The third-order valence-corrected chi connectivity index (χ3v) is 2.20. The van der Waals surface area contributed by atoms with Gasteiger partial charge in [-0.3, -0.25) is 0 Å². The van der Waals surface area contributed by atoms with E-state index in [9.17, 15) is 9.50 Å². The Labute approximate surface area is 91.1 Å². The summed E-state index contributed by atoms with van der Waals surface area (Å²) in [4.78, 5) is 0. The number of rotatable bonds is 2. The minimum absolute atomic E-state index is 0.326. The van der Waals surface area contributed by atoms with E-state index in [4.69, 9.17) is 0 Å². The molecule has 0 spiro atoms. The van der Waals surface area contributed by atoms with Crippen LogP contribution in [0.4, 0.5) is 4.39 Å². The van der Waals surface area contributed by atoms with E-state index in [0.717, 1.165) is 0 Å². The molecule has 0 heterocycles. The van der Waals surface area contributed by atoms with Crippen LogP contribution in [0.3, 0.4) is 0 Å². The molecule has 14 heavy (non-hydrogen) atoms. The Morgan fingerprint density at radius 3 is 2.79 bits per heavy atom. The maximum atomic E-state index is 12.9.